The van der Waals surface area contributed by atoms with Crippen molar-refractivity contribution in [1.29, 1.82) is 0 Å². The summed E-state index contributed by atoms with van der Waals surface area (Å²) in [6.45, 7) is 11.9. The van der Waals surface area contributed by atoms with Crippen molar-refractivity contribution < 1.29 is 19.1 Å². The number of carbonyl (C=O) groups excluding carboxylic acids is 2. The second-order valence-corrected chi connectivity index (χ2v) is 8.44. The van der Waals surface area contributed by atoms with Crippen LogP contribution in [0.3, 0.4) is 0 Å². The van der Waals surface area contributed by atoms with Gasteiger partial charge in [-0.3, -0.25) is 9.78 Å². The highest BCUT2D eigenvalue weighted by Gasteiger charge is 2.16. The molecule has 3 N–H and O–H groups in total. The number of halogens is 1. The first-order chi connectivity index (χ1) is 20.5. The second-order valence-electron chi connectivity index (χ2n) is 8.04. The molecule has 220 valence electrons. The van der Waals surface area contributed by atoms with Gasteiger partial charge >= 0.3 is 0 Å². The molecule has 0 aliphatic heterocycles. The molecule has 2 aromatic carbocycles. The lowest BCUT2D eigenvalue weighted by molar-refractivity contribution is -0.111. The molecule has 4 aromatic rings. The van der Waals surface area contributed by atoms with Crippen molar-refractivity contribution in [2.75, 3.05) is 23.1 Å². The van der Waals surface area contributed by atoms with Crippen LogP contribution in [-0.4, -0.2) is 34.8 Å². The average Bonchev–Trinajstić information content (AvgIpc) is 3.04. The molecular formula is C31H35ClN6O4. The Bertz CT molecular complexity index is 1450. The van der Waals surface area contributed by atoms with Gasteiger partial charge in [-0.15, -0.1) is 0 Å². The van der Waals surface area contributed by atoms with Crippen LogP contribution in [0, 0.1) is 0 Å². The van der Waals surface area contributed by atoms with E-state index in [1.807, 2.05) is 57.0 Å². The summed E-state index contributed by atoms with van der Waals surface area (Å²) in [5, 5.41) is 9.58. The Labute approximate surface area is 251 Å². The van der Waals surface area contributed by atoms with Crippen molar-refractivity contribution in [2.45, 2.75) is 33.8 Å². The van der Waals surface area contributed by atoms with Crippen molar-refractivity contribution in [3.63, 3.8) is 0 Å². The first-order valence-electron chi connectivity index (χ1n) is 13.1. The standard InChI is InChI=1S/C28H27ClN6O3.C2H6.CH2O/c1-4-19-8-6-7-9-21(19)33-27-20(29)16-31-28(35-27)34-22-14-23(32-26(36)5-2)25(15-24(22)37-3)38-17-18-10-12-30-13-11-18;2*1-2/h5-16H,2,4,17H2,1,3H3,(H,32,36)(H2,31,33,34,35);1-2H3;1H2. The Balaban J connectivity index is 0.00000148. The second kappa shape index (κ2) is 17.7. The van der Waals surface area contributed by atoms with E-state index >= 15 is 0 Å². The zero-order chi connectivity index (χ0) is 30.9. The fourth-order valence-corrected chi connectivity index (χ4v) is 3.72. The number of para-hydroxylation sites is 1. The Hall–Kier alpha value is -4.96. The van der Waals surface area contributed by atoms with Gasteiger partial charge in [0, 0.05) is 24.1 Å². The van der Waals surface area contributed by atoms with Gasteiger partial charge in [0.05, 0.1) is 24.7 Å². The third kappa shape index (κ3) is 9.31. The van der Waals surface area contributed by atoms with E-state index in [1.54, 1.807) is 24.5 Å². The number of hydrogen-bond donors (Lipinski definition) is 3. The maximum atomic E-state index is 12.1. The summed E-state index contributed by atoms with van der Waals surface area (Å²) in [5.74, 6) is 1.20. The number of aryl methyl sites for hydroxylation is 1. The van der Waals surface area contributed by atoms with E-state index in [0.717, 1.165) is 23.2 Å². The number of aromatic nitrogens is 3. The number of nitrogens with zero attached hydrogens (tertiary/aromatic N) is 3. The van der Waals surface area contributed by atoms with E-state index in [9.17, 15) is 4.79 Å². The summed E-state index contributed by atoms with van der Waals surface area (Å²) >= 11 is 6.39. The van der Waals surface area contributed by atoms with Crippen LogP contribution in [0.15, 0.2) is 79.8 Å². The maximum absolute atomic E-state index is 12.1. The molecular weight excluding hydrogens is 556 g/mol. The molecule has 1 amide bonds. The van der Waals surface area contributed by atoms with Gasteiger partial charge in [0.2, 0.25) is 11.9 Å². The highest BCUT2D eigenvalue weighted by molar-refractivity contribution is 6.32. The molecule has 0 fully saturated rings. The summed E-state index contributed by atoms with van der Waals surface area (Å²) in [6.07, 6.45) is 6.90. The fourth-order valence-electron chi connectivity index (χ4n) is 3.58. The number of pyridine rings is 1. The number of hydrogen-bond acceptors (Lipinski definition) is 9. The van der Waals surface area contributed by atoms with E-state index in [0.29, 0.717) is 33.7 Å². The van der Waals surface area contributed by atoms with Gasteiger partial charge < -0.3 is 30.2 Å². The fraction of sp³-hybridized carbons (Fsp3) is 0.194. The minimum Gasteiger partial charge on any atom is -0.494 e. The molecule has 2 aromatic heterocycles. The van der Waals surface area contributed by atoms with Crippen LogP contribution >= 0.6 is 11.6 Å². The van der Waals surface area contributed by atoms with Gasteiger partial charge in [0.25, 0.3) is 0 Å². The predicted octanol–water partition coefficient (Wildman–Crippen LogP) is 7.13. The molecule has 0 unspecified atom stereocenters. The molecule has 2 heterocycles. The van der Waals surface area contributed by atoms with E-state index in [2.05, 4.69) is 44.4 Å². The number of nitrogens with one attached hydrogen (secondary N) is 3. The average molecular weight is 591 g/mol. The molecule has 0 spiro atoms. The molecule has 0 bridgehead atoms. The quantitative estimate of drug-likeness (QED) is 0.156. The summed E-state index contributed by atoms with van der Waals surface area (Å²) in [5.41, 5.74) is 3.87. The van der Waals surface area contributed by atoms with Crippen molar-refractivity contribution in [1.82, 2.24) is 15.0 Å². The minimum absolute atomic E-state index is 0.268. The van der Waals surface area contributed by atoms with Gasteiger partial charge in [-0.1, -0.05) is 57.2 Å². The molecule has 0 saturated carbocycles. The first kappa shape index (κ1) is 33.2. The summed E-state index contributed by atoms with van der Waals surface area (Å²) in [4.78, 5) is 33.0. The SMILES string of the molecule is C=CC(=O)Nc1cc(Nc2ncc(Cl)c(Nc3ccccc3CC)n2)c(OC)cc1OCc1ccncc1.C=O.CC. The summed E-state index contributed by atoms with van der Waals surface area (Å²) < 4.78 is 11.6. The van der Waals surface area contributed by atoms with E-state index in [-0.39, 0.29) is 12.6 Å². The van der Waals surface area contributed by atoms with Crippen LogP contribution in [0.1, 0.15) is 31.9 Å². The smallest absolute Gasteiger partial charge is 0.247 e. The number of amides is 1. The van der Waals surface area contributed by atoms with Gasteiger partial charge in [0.15, 0.2) is 5.82 Å². The third-order valence-corrected chi connectivity index (χ3v) is 5.81. The number of rotatable bonds is 11. The summed E-state index contributed by atoms with van der Waals surface area (Å²) in [6, 6.07) is 15.0. The lowest BCUT2D eigenvalue weighted by atomic mass is 10.1. The molecule has 0 atom stereocenters. The van der Waals surface area contributed by atoms with Crippen molar-refractivity contribution >= 4 is 53.1 Å². The van der Waals surface area contributed by atoms with Crippen molar-refractivity contribution in [3.8, 4) is 11.5 Å². The molecule has 10 nitrogen and oxygen atoms in total. The highest BCUT2D eigenvalue weighted by atomic mass is 35.5. The lowest BCUT2D eigenvalue weighted by Crippen LogP contribution is -2.10. The van der Waals surface area contributed by atoms with E-state index in [4.69, 9.17) is 25.9 Å². The molecule has 0 aliphatic carbocycles. The normalized spacial score (nSPS) is 9.64. The van der Waals surface area contributed by atoms with Crippen molar-refractivity contribution in [3.05, 3.63) is 95.9 Å². The van der Waals surface area contributed by atoms with Crippen molar-refractivity contribution in [2.24, 2.45) is 0 Å². The topological polar surface area (TPSA) is 127 Å². The Morgan fingerprint density at radius 2 is 1.71 bits per heavy atom. The Morgan fingerprint density at radius 3 is 2.38 bits per heavy atom. The lowest BCUT2D eigenvalue weighted by Gasteiger charge is -2.18. The molecule has 42 heavy (non-hydrogen) atoms. The highest BCUT2D eigenvalue weighted by Crippen LogP contribution is 2.38. The van der Waals surface area contributed by atoms with E-state index < -0.39 is 5.91 Å². The molecule has 11 heteroatoms. The number of carbonyl (C=O) groups is 2. The maximum Gasteiger partial charge on any atom is 0.247 e. The van der Waals surface area contributed by atoms with Crippen LogP contribution in [0.2, 0.25) is 5.02 Å². The Kier molecular flexibility index (Phi) is 14.0. The Morgan fingerprint density at radius 1 is 1.00 bits per heavy atom. The number of benzene rings is 2. The molecule has 0 saturated heterocycles. The van der Waals surface area contributed by atoms with Gasteiger partial charge in [-0.05, 0) is 47.9 Å². The molecule has 0 aliphatic rings. The minimum atomic E-state index is -0.390. The van der Waals surface area contributed by atoms with E-state index in [1.165, 1.54) is 19.4 Å². The van der Waals surface area contributed by atoms with Gasteiger partial charge in [-0.25, -0.2) is 4.98 Å². The number of anilines is 5. The predicted molar refractivity (Wildman–Crippen MR) is 168 cm³/mol. The largest absolute Gasteiger partial charge is 0.494 e. The van der Waals surface area contributed by atoms with Gasteiger partial charge in [-0.2, -0.15) is 4.98 Å². The molecule has 0 radical (unpaired) electrons. The first-order valence-corrected chi connectivity index (χ1v) is 13.5. The third-order valence-electron chi connectivity index (χ3n) is 5.53. The molecule has 4 rings (SSSR count). The van der Waals surface area contributed by atoms with Crippen LogP contribution in [0.5, 0.6) is 11.5 Å². The van der Waals surface area contributed by atoms with Crippen LogP contribution in [-0.2, 0) is 22.6 Å². The zero-order valence-corrected chi connectivity index (χ0v) is 24.9. The van der Waals surface area contributed by atoms with Gasteiger partial charge in [0.1, 0.15) is 29.9 Å². The van der Waals surface area contributed by atoms with Crippen LogP contribution < -0.4 is 25.4 Å². The summed E-state index contributed by atoms with van der Waals surface area (Å²) in [7, 11) is 1.53. The van der Waals surface area contributed by atoms with Crippen LogP contribution in [0.4, 0.5) is 28.8 Å². The zero-order valence-electron chi connectivity index (χ0n) is 24.1. The number of ether oxygens (including phenoxy) is 2. The van der Waals surface area contributed by atoms with Crippen LogP contribution in [0.25, 0.3) is 0 Å². The number of methoxy groups -OCH3 is 1. The monoisotopic (exact) mass is 590 g/mol.